The van der Waals surface area contributed by atoms with Gasteiger partial charge in [0, 0.05) is 32.4 Å². The topological polar surface area (TPSA) is 35.5 Å². The highest BCUT2D eigenvalue weighted by atomic mass is 16.3. The molecule has 0 saturated carbocycles. The van der Waals surface area contributed by atoms with Gasteiger partial charge in [-0.05, 0) is 30.5 Å². The second-order valence-corrected chi connectivity index (χ2v) is 5.30. The Hall–Kier alpha value is -1.06. The lowest BCUT2D eigenvalue weighted by Gasteiger charge is -2.21. The Bertz CT molecular complexity index is 348. The molecule has 0 radical (unpaired) electrons. The number of aliphatic hydroxyl groups is 1. The summed E-state index contributed by atoms with van der Waals surface area (Å²) in [6.45, 7) is 4.94. The molecule has 0 heterocycles. The van der Waals surface area contributed by atoms with E-state index >= 15 is 0 Å². The van der Waals surface area contributed by atoms with E-state index in [-0.39, 0.29) is 6.10 Å². The smallest absolute Gasteiger partial charge is 0.0664 e. The number of anilines is 1. The highest BCUT2D eigenvalue weighted by molar-refractivity contribution is 5.46. The van der Waals surface area contributed by atoms with Gasteiger partial charge in [0.05, 0.1) is 6.10 Å². The predicted octanol–water partition coefficient (Wildman–Crippen LogP) is 2.95. The van der Waals surface area contributed by atoms with Crippen molar-refractivity contribution >= 4 is 5.69 Å². The Kier molecular flexibility index (Phi) is 6.89. The maximum Gasteiger partial charge on any atom is 0.0664 e. The molecule has 2 unspecified atom stereocenters. The first-order chi connectivity index (χ1) is 9.08. The van der Waals surface area contributed by atoms with Gasteiger partial charge in [0.2, 0.25) is 0 Å². The molecule has 1 aromatic rings. The van der Waals surface area contributed by atoms with E-state index in [1.807, 2.05) is 14.1 Å². The van der Waals surface area contributed by atoms with E-state index in [2.05, 4.69) is 48.3 Å². The third kappa shape index (κ3) is 5.21. The Morgan fingerprint density at radius 2 is 1.79 bits per heavy atom. The Balaban J connectivity index is 2.59. The number of hydrogen-bond donors (Lipinski definition) is 2. The van der Waals surface area contributed by atoms with Crippen LogP contribution in [0.3, 0.4) is 0 Å². The van der Waals surface area contributed by atoms with Gasteiger partial charge in [-0.15, -0.1) is 0 Å². The monoisotopic (exact) mass is 264 g/mol. The first-order valence-corrected chi connectivity index (χ1v) is 7.27. The molecule has 0 bridgehead atoms. The van der Waals surface area contributed by atoms with Gasteiger partial charge < -0.3 is 15.3 Å². The van der Waals surface area contributed by atoms with Crippen LogP contribution < -0.4 is 10.2 Å². The molecule has 108 valence electrons. The summed E-state index contributed by atoms with van der Waals surface area (Å²) in [6.07, 6.45) is 2.68. The molecular formula is C16H28N2O. The molecule has 0 spiro atoms. The average molecular weight is 264 g/mol. The van der Waals surface area contributed by atoms with Crippen molar-refractivity contribution in [2.75, 3.05) is 25.5 Å². The molecule has 0 aromatic heterocycles. The molecule has 0 aliphatic carbocycles. The number of benzene rings is 1. The summed E-state index contributed by atoms with van der Waals surface area (Å²) < 4.78 is 0. The fraction of sp³-hybridized carbons (Fsp3) is 0.625. The van der Waals surface area contributed by atoms with Crippen LogP contribution in [0, 0.1) is 0 Å². The minimum atomic E-state index is -0.236. The van der Waals surface area contributed by atoms with E-state index in [4.69, 9.17) is 0 Å². The van der Waals surface area contributed by atoms with Crippen molar-refractivity contribution in [2.24, 2.45) is 0 Å². The molecule has 0 aliphatic heterocycles. The van der Waals surface area contributed by atoms with Crippen LogP contribution in [0.2, 0.25) is 0 Å². The zero-order valence-electron chi connectivity index (χ0n) is 12.7. The minimum Gasteiger partial charge on any atom is -0.392 e. The maximum absolute atomic E-state index is 9.79. The average Bonchev–Trinajstić information content (AvgIpc) is 2.40. The molecule has 0 saturated heterocycles. The van der Waals surface area contributed by atoms with E-state index in [9.17, 15) is 5.11 Å². The molecule has 19 heavy (non-hydrogen) atoms. The summed E-state index contributed by atoms with van der Waals surface area (Å²) in [5.41, 5.74) is 2.50. The molecule has 2 atom stereocenters. The summed E-state index contributed by atoms with van der Waals surface area (Å²) in [6, 6.07) is 8.94. The molecule has 3 nitrogen and oxygen atoms in total. The lowest BCUT2D eigenvalue weighted by Crippen LogP contribution is -2.30. The second-order valence-electron chi connectivity index (χ2n) is 5.30. The van der Waals surface area contributed by atoms with E-state index in [0.717, 1.165) is 19.3 Å². The fourth-order valence-electron chi connectivity index (χ4n) is 2.22. The van der Waals surface area contributed by atoms with Gasteiger partial charge in [-0.2, -0.15) is 0 Å². The van der Waals surface area contributed by atoms with Crippen LogP contribution in [0.1, 0.15) is 44.7 Å². The summed E-state index contributed by atoms with van der Waals surface area (Å²) >= 11 is 0. The summed E-state index contributed by atoms with van der Waals surface area (Å²) in [7, 11) is 4.09. The lowest BCUT2D eigenvalue weighted by atomic mass is 10.0. The van der Waals surface area contributed by atoms with Crippen molar-refractivity contribution in [3.8, 4) is 0 Å². The second kappa shape index (κ2) is 8.18. The van der Waals surface area contributed by atoms with E-state index in [0.29, 0.717) is 12.6 Å². The SMILES string of the molecule is CCCC(O)CNC(CC)c1ccc(N(C)C)cc1. The predicted molar refractivity (Wildman–Crippen MR) is 82.7 cm³/mol. The van der Waals surface area contributed by atoms with Gasteiger partial charge in [-0.3, -0.25) is 0 Å². The lowest BCUT2D eigenvalue weighted by molar-refractivity contribution is 0.156. The fourth-order valence-corrected chi connectivity index (χ4v) is 2.22. The number of aliphatic hydroxyl groups excluding tert-OH is 1. The van der Waals surface area contributed by atoms with Crippen molar-refractivity contribution in [1.82, 2.24) is 5.32 Å². The molecule has 2 N–H and O–H groups in total. The minimum absolute atomic E-state index is 0.236. The van der Waals surface area contributed by atoms with Crippen LogP contribution >= 0.6 is 0 Å². The zero-order valence-corrected chi connectivity index (χ0v) is 12.7. The van der Waals surface area contributed by atoms with E-state index in [1.165, 1.54) is 11.3 Å². The van der Waals surface area contributed by atoms with Crippen LogP contribution in [-0.2, 0) is 0 Å². The van der Waals surface area contributed by atoms with Gasteiger partial charge in [0.15, 0.2) is 0 Å². The number of rotatable bonds is 8. The zero-order chi connectivity index (χ0) is 14.3. The van der Waals surface area contributed by atoms with E-state index < -0.39 is 0 Å². The van der Waals surface area contributed by atoms with E-state index in [1.54, 1.807) is 0 Å². The number of nitrogens with zero attached hydrogens (tertiary/aromatic N) is 1. The molecule has 1 rings (SSSR count). The molecule has 1 aromatic carbocycles. The van der Waals surface area contributed by atoms with Crippen molar-refractivity contribution in [2.45, 2.75) is 45.3 Å². The highest BCUT2D eigenvalue weighted by Crippen LogP contribution is 2.20. The van der Waals surface area contributed by atoms with Crippen LogP contribution in [0.4, 0.5) is 5.69 Å². The normalized spacial score (nSPS) is 14.2. The highest BCUT2D eigenvalue weighted by Gasteiger charge is 2.11. The third-order valence-electron chi connectivity index (χ3n) is 3.44. The van der Waals surface area contributed by atoms with Gasteiger partial charge in [0.25, 0.3) is 0 Å². The first-order valence-electron chi connectivity index (χ1n) is 7.27. The largest absolute Gasteiger partial charge is 0.392 e. The Labute approximate surface area is 117 Å². The first kappa shape index (κ1) is 16.0. The summed E-state index contributed by atoms with van der Waals surface area (Å²) in [5, 5.41) is 13.2. The molecular weight excluding hydrogens is 236 g/mol. The van der Waals surface area contributed by atoms with Crippen molar-refractivity contribution in [3.05, 3.63) is 29.8 Å². The van der Waals surface area contributed by atoms with Crippen LogP contribution in [0.15, 0.2) is 24.3 Å². The standard InChI is InChI=1S/C16H28N2O/c1-5-7-15(19)12-17-16(6-2)13-8-10-14(11-9-13)18(3)4/h8-11,15-17,19H,5-7,12H2,1-4H3. The molecule has 3 heteroatoms. The van der Waals surface area contributed by atoms with Crippen LogP contribution in [0.5, 0.6) is 0 Å². The van der Waals surface area contributed by atoms with Crippen LogP contribution in [-0.4, -0.2) is 31.9 Å². The van der Waals surface area contributed by atoms with Gasteiger partial charge in [-0.1, -0.05) is 32.4 Å². The summed E-state index contributed by atoms with van der Waals surface area (Å²) in [5.74, 6) is 0. The quantitative estimate of drug-likeness (QED) is 0.758. The Morgan fingerprint density at radius 1 is 1.16 bits per heavy atom. The third-order valence-corrected chi connectivity index (χ3v) is 3.44. The Morgan fingerprint density at radius 3 is 2.26 bits per heavy atom. The number of hydrogen-bond acceptors (Lipinski definition) is 3. The van der Waals surface area contributed by atoms with Gasteiger partial charge >= 0.3 is 0 Å². The maximum atomic E-state index is 9.79. The van der Waals surface area contributed by atoms with Crippen LogP contribution in [0.25, 0.3) is 0 Å². The number of nitrogens with one attached hydrogen (secondary N) is 1. The van der Waals surface area contributed by atoms with Crippen molar-refractivity contribution in [1.29, 1.82) is 0 Å². The molecule has 0 aliphatic rings. The molecule has 0 fully saturated rings. The van der Waals surface area contributed by atoms with Crippen molar-refractivity contribution < 1.29 is 5.11 Å². The van der Waals surface area contributed by atoms with Crippen molar-refractivity contribution in [3.63, 3.8) is 0 Å². The van der Waals surface area contributed by atoms with Gasteiger partial charge in [-0.25, -0.2) is 0 Å². The van der Waals surface area contributed by atoms with Gasteiger partial charge in [0.1, 0.15) is 0 Å². The molecule has 0 amide bonds. The summed E-state index contributed by atoms with van der Waals surface area (Å²) in [4.78, 5) is 2.10.